The number of hydrogen-bond acceptors (Lipinski definition) is 2. The summed E-state index contributed by atoms with van der Waals surface area (Å²) in [6.07, 6.45) is 0. The van der Waals surface area contributed by atoms with E-state index < -0.39 is 7.60 Å². The third-order valence-corrected chi connectivity index (χ3v) is 4.41. The van der Waals surface area contributed by atoms with E-state index in [1.807, 2.05) is 12.1 Å². The molecule has 0 bridgehead atoms. The van der Waals surface area contributed by atoms with E-state index in [1.165, 1.54) is 0 Å². The Morgan fingerprint density at radius 1 is 1.06 bits per heavy atom. The van der Waals surface area contributed by atoms with Gasteiger partial charge in [0.15, 0.2) is 5.75 Å². The third kappa shape index (κ3) is 1.59. The van der Waals surface area contributed by atoms with Gasteiger partial charge in [0.05, 0.1) is 10.3 Å². The summed E-state index contributed by atoms with van der Waals surface area (Å²) in [5, 5.41) is 0.654. The molecule has 0 saturated heterocycles. The smallest absolute Gasteiger partial charge is 0.408 e. The third-order valence-electron chi connectivity index (χ3n) is 2.68. The molecule has 0 saturated carbocycles. The van der Waals surface area contributed by atoms with Crippen molar-refractivity contribution in [2.45, 2.75) is 0 Å². The molecule has 3 nitrogen and oxygen atoms in total. The van der Waals surface area contributed by atoms with Crippen LogP contribution in [0.5, 0.6) is 5.75 Å². The molecule has 2 aromatic rings. The van der Waals surface area contributed by atoms with Crippen LogP contribution in [0.2, 0.25) is 5.02 Å². The van der Waals surface area contributed by atoms with Crippen LogP contribution in [0.3, 0.4) is 0 Å². The summed E-state index contributed by atoms with van der Waals surface area (Å²) in [7, 11) is -3.82. The lowest BCUT2D eigenvalue weighted by atomic mass is 10.0. The van der Waals surface area contributed by atoms with Crippen molar-refractivity contribution in [3.05, 3.63) is 47.5 Å². The minimum atomic E-state index is -3.82. The first-order valence-electron chi connectivity index (χ1n) is 5.00. The van der Waals surface area contributed by atoms with E-state index in [2.05, 4.69) is 0 Å². The van der Waals surface area contributed by atoms with Crippen LogP contribution in [0, 0.1) is 0 Å². The van der Waals surface area contributed by atoms with Gasteiger partial charge in [-0.2, -0.15) is 0 Å². The van der Waals surface area contributed by atoms with Gasteiger partial charge in [0.25, 0.3) is 0 Å². The zero-order valence-corrected chi connectivity index (χ0v) is 10.3. The second kappa shape index (κ2) is 3.61. The van der Waals surface area contributed by atoms with Crippen LogP contribution in [0.1, 0.15) is 0 Å². The van der Waals surface area contributed by atoms with E-state index >= 15 is 0 Å². The molecule has 1 aliphatic rings. The molecule has 86 valence electrons. The predicted molar refractivity (Wildman–Crippen MR) is 67.0 cm³/mol. The van der Waals surface area contributed by atoms with Gasteiger partial charge in [-0.1, -0.05) is 41.9 Å². The topological polar surface area (TPSA) is 46.5 Å². The summed E-state index contributed by atoms with van der Waals surface area (Å²) in [5.41, 5.74) is 1.44. The largest absolute Gasteiger partial charge is 0.419 e. The van der Waals surface area contributed by atoms with Crippen LogP contribution in [0.25, 0.3) is 11.1 Å². The van der Waals surface area contributed by atoms with Gasteiger partial charge in [0.2, 0.25) is 0 Å². The van der Waals surface area contributed by atoms with E-state index in [9.17, 15) is 9.46 Å². The standard InChI is InChI=1S/C12H8ClO3P/c13-10-6-3-5-9-8-4-1-2-7-11(8)17(14,15)16-12(9)10/h1-7H,(H,14,15). The summed E-state index contributed by atoms with van der Waals surface area (Å²) in [6.45, 7) is 0. The SMILES string of the molecule is O=P1(O)Oc2c(Cl)cccc2-c2ccccc21. The van der Waals surface area contributed by atoms with Crippen molar-refractivity contribution in [1.29, 1.82) is 0 Å². The van der Waals surface area contributed by atoms with Crippen molar-refractivity contribution < 1.29 is 14.0 Å². The predicted octanol–water partition coefficient (Wildman–Crippen LogP) is 3.21. The fraction of sp³-hybridized carbons (Fsp3) is 0. The van der Waals surface area contributed by atoms with E-state index in [-0.39, 0.29) is 5.75 Å². The molecule has 0 fully saturated rings. The molecule has 3 rings (SSSR count). The second-order valence-electron chi connectivity index (χ2n) is 3.75. The van der Waals surface area contributed by atoms with Crippen LogP contribution < -0.4 is 9.83 Å². The van der Waals surface area contributed by atoms with Crippen molar-refractivity contribution >= 4 is 24.5 Å². The molecule has 0 spiro atoms. The molecular weight excluding hydrogens is 259 g/mol. The molecule has 5 heteroatoms. The van der Waals surface area contributed by atoms with Crippen molar-refractivity contribution in [3.8, 4) is 16.9 Å². The maximum atomic E-state index is 12.0. The summed E-state index contributed by atoms with van der Waals surface area (Å²) in [6, 6.07) is 12.1. The quantitative estimate of drug-likeness (QED) is 0.745. The molecule has 0 aromatic heterocycles. The molecule has 1 heterocycles. The van der Waals surface area contributed by atoms with Crippen LogP contribution in [-0.2, 0) is 4.57 Å². The highest BCUT2D eigenvalue weighted by Gasteiger charge is 2.35. The van der Waals surface area contributed by atoms with Gasteiger partial charge < -0.3 is 9.42 Å². The molecule has 2 aromatic carbocycles. The van der Waals surface area contributed by atoms with E-state index in [4.69, 9.17) is 16.1 Å². The van der Waals surface area contributed by atoms with E-state index in [0.29, 0.717) is 15.9 Å². The summed E-state index contributed by atoms with van der Waals surface area (Å²) >= 11 is 5.98. The number of para-hydroxylation sites is 1. The van der Waals surface area contributed by atoms with Crippen LogP contribution in [-0.4, -0.2) is 4.89 Å². The maximum Gasteiger partial charge on any atom is 0.408 e. The van der Waals surface area contributed by atoms with Crippen LogP contribution >= 0.6 is 19.2 Å². The fourth-order valence-electron chi connectivity index (χ4n) is 1.93. The summed E-state index contributed by atoms with van der Waals surface area (Å²) in [4.78, 5) is 9.87. The van der Waals surface area contributed by atoms with Crippen LogP contribution in [0.15, 0.2) is 42.5 Å². The maximum absolute atomic E-state index is 12.0. The first-order valence-corrected chi connectivity index (χ1v) is 6.96. The highest BCUT2D eigenvalue weighted by Crippen LogP contribution is 2.53. The second-order valence-corrected chi connectivity index (χ2v) is 5.86. The van der Waals surface area contributed by atoms with E-state index in [1.54, 1.807) is 30.3 Å². The Hall–Kier alpha value is -1.28. The van der Waals surface area contributed by atoms with Gasteiger partial charge in [-0.25, -0.2) is 4.57 Å². The first-order chi connectivity index (χ1) is 8.09. The average molecular weight is 267 g/mol. The van der Waals surface area contributed by atoms with Gasteiger partial charge in [0.1, 0.15) is 0 Å². The fourth-order valence-corrected chi connectivity index (χ4v) is 3.52. The molecule has 17 heavy (non-hydrogen) atoms. The molecule has 0 aliphatic carbocycles. The normalized spacial score (nSPS) is 21.3. The zero-order chi connectivity index (χ0) is 12.0. The Kier molecular flexibility index (Phi) is 2.30. The molecular formula is C12H8ClO3P. The van der Waals surface area contributed by atoms with Gasteiger partial charge in [0, 0.05) is 11.1 Å². The minimum absolute atomic E-state index is 0.277. The van der Waals surface area contributed by atoms with Crippen LogP contribution in [0.4, 0.5) is 0 Å². The highest BCUT2D eigenvalue weighted by molar-refractivity contribution is 7.62. The van der Waals surface area contributed by atoms with Crippen molar-refractivity contribution in [2.24, 2.45) is 0 Å². The van der Waals surface area contributed by atoms with Gasteiger partial charge in [-0.05, 0) is 12.1 Å². The lowest BCUT2D eigenvalue weighted by Crippen LogP contribution is -2.17. The Morgan fingerprint density at radius 2 is 1.76 bits per heavy atom. The number of fused-ring (bicyclic) bond motifs is 3. The minimum Gasteiger partial charge on any atom is -0.419 e. The summed E-state index contributed by atoms with van der Waals surface area (Å²) < 4.78 is 17.2. The molecule has 1 N–H and O–H groups in total. The molecule has 1 unspecified atom stereocenters. The number of halogens is 1. The van der Waals surface area contributed by atoms with Gasteiger partial charge >= 0.3 is 7.60 Å². The summed E-state index contributed by atoms with van der Waals surface area (Å²) in [5.74, 6) is 0.277. The Balaban J connectivity index is 2.40. The lowest BCUT2D eigenvalue weighted by Gasteiger charge is -2.24. The average Bonchev–Trinajstić information content (AvgIpc) is 2.31. The molecule has 0 radical (unpaired) electrons. The Bertz CT molecular complexity index is 654. The van der Waals surface area contributed by atoms with Gasteiger partial charge in [-0.3, -0.25) is 0 Å². The molecule has 1 aliphatic heterocycles. The van der Waals surface area contributed by atoms with E-state index in [0.717, 1.165) is 5.56 Å². The lowest BCUT2D eigenvalue weighted by molar-refractivity contribution is 0.392. The zero-order valence-electron chi connectivity index (χ0n) is 8.63. The van der Waals surface area contributed by atoms with Crippen molar-refractivity contribution in [3.63, 3.8) is 0 Å². The van der Waals surface area contributed by atoms with Crippen molar-refractivity contribution in [1.82, 2.24) is 0 Å². The number of rotatable bonds is 0. The number of benzene rings is 2. The van der Waals surface area contributed by atoms with Gasteiger partial charge in [-0.15, -0.1) is 0 Å². The Morgan fingerprint density at radius 3 is 2.59 bits per heavy atom. The molecule has 1 atom stereocenters. The first kappa shape index (κ1) is 10.8. The van der Waals surface area contributed by atoms with Crippen molar-refractivity contribution in [2.75, 3.05) is 0 Å². The monoisotopic (exact) mass is 266 g/mol. The highest BCUT2D eigenvalue weighted by atomic mass is 35.5. The molecule has 0 amide bonds. The number of hydrogen-bond donors (Lipinski definition) is 1. The Labute approximate surface area is 103 Å².